The molecule has 4 rings (SSSR count). The summed E-state index contributed by atoms with van der Waals surface area (Å²) < 4.78 is 11.2. The Balaban J connectivity index is 1.26. The van der Waals surface area contributed by atoms with Crippen molar-refractivity contribution in [2.24, 2.45) is 23.7 Å². The third kappa shape index (κ3) is 4.52. The maximum absolute atomic E-state index is 12.8. The zero-order valence-corrected chi connectivity index (χ0v) is 16.8. The van der Waals surface area contributed by atoms with E-state index < -0.39 is 0 Å². The third-order valence-electron chi connectivity index (χ3n) is 7.12. The highest BCUT2D eigenvalue weighted by atomic mass is 16.7. The standard InChI is InChI=1S/C20H35N3O5/c1-26-11-18-22-19(23-28-18)13-5-6-15-16(10-27-17(15)8-13)21-20(25)14-4-2-3-12(7-14)9-24/h12-19,22-24H,2-11H2,1H3,(H,21,25)/t12?,13?,14?,15?,16-,17?,18?,19?/m1/s1. The van der Waals surface area contributed by atoms with Crippen molar-refractivity contribution in [2.75, 3.05) is 26.9 Å². The maximum Gasteiger partial charge on any atom is 0.223 e. The molecule has 2 saturated carbocycles. The van der Waals surface area contributed by atoms with Crippen molar-refractivity contribution in [1.82, 2.24) is 16.1 Å². The third-order valence-corrected chi connectivity index (χ3v) is 7.12. The summed E-state index contributed by atoms with van der Waals surface area (Å²) in [5.74, 6) is 1.33. The minimum atomic E-state index is -0.109. The molecule has 7 unspecified atom stereocenters. The van der Waals surface area contributed by atoms with Gasteiger partial charge in [0.1, 0.15) is 0 Å². The quantitative estimate of drug-likeness (QED) is 0.518. The fraction of sp³-hybridized carbons (Fsp3) is 0.950. The van der Waals surface area contributed by atoms with E-state index in [2.05, 4.69) is 16.1 Å². The number of hydrogen-bond acceptors (Lipinski definition) is 7. The van der Waals surface area contributed by atoms with Crippen molar-refractivity contribution in [1.29, 1.82) is 0 Å². The molecule has 4 fully saturated rings. The Morgan fingerprint density at radius 1 is 1.25 bits per heavy atom. The van der Waals surface area contributed by atoms with Gasteiger partial charge in [-0.15, -0.1) is 0 Å². The van der Waals surface area contributed by atoms with Crippen molar-refractivity contribution in [2.45, 2.75) is 69.5 Å². The molecule has 0 aromatic heterocycles. The van der Waals surface area contributed by atoms with Crippen LogP contribution in [-0.2, 0) is 19.1 Å². The van der Waals surface area contributed by atoms with Crippen LogP contribution in [0.15, 0.2) is 0 Å². The Bertz CT molecular complexity index is 536. The van der Waals surface area contributed by atoms with Crippen molar-refractivity contribution in [3.63, 3.8) is 0 Å². The van der Waals surface area contributed by atoms with E-state index in [1.165, 1.54) is 0 Å². The summed E-state index contributed by atoms with van der Waals surface area (Å²) in [5, 5.41) is 16.1. The molecule has 8 nitrogen and oxygen atoms in total. The van der Waals surface area contributed by atoms with Crippen LogP contribution in [0.5, 0.6) is 0 Å². The van der Waals surface area contributed by atoms with E-state index in [0.717, 1.165) is 44.9 Å². The molecule has 2 aliphatic carbocycles. The Morgan fingerprint density at radius 3 is 2.96 bits per heavy atom. The molecule has 2 saturated heterocycles. The van der Waals surface area contributed by atoms with Gasteiger partial charge in [0.25, 0.3) is 0 Å². The molecule has 1 amide bonds. The van der Waals surface area contributed by atoms with Gasteiger partial charge in [-0.25, -0.2) is 0 Å². The summed E-state index contributed by atoms with van der Waals surface area (Å²) in [6.45, 7) is 1.32. The highest BCUT2D eigenvalue weighted by molar-refractivity contribution is 5.79. The summed E-state index contributed by atoms with van der Waals surface area (Å²) in [5.41, 5.74) is 3.10. The number of nitrogens with one attached hydrogen (secondary N) is 3. The van der Waals surface area contributed by atoms with Crippen molar-refractivity contribution in [3.8, 4) is 0 Å². The monoisotopic (exact) mass is 397 g/mol. The molecule has 0 radical (unpaired) electrons. The fourth-order valence-corrected chi connectivity index (χ4v) is 5.52. The van der Waals surface area contributed by atoms with E-state index in [0.29, 0.717) is 25.0 Å². The van der Waals surface area contributed by atoms with Gasteiger partial charge in [-0.1, -0.05) is 6.42 Å². The lowest BCUT2D eigenvalue weighted by molar-refractivity contribution is -0.127. The van der Waals surface area contributed by atoms with Gasteiger partial charge in [-0.05, 0) is 50.4 Å². The predicted molar refractivity (Wildman–Crippen MR) is 102 cm³/mol. The zero-order chi connectivity index (χ0) is 19.5. The smallest absolute Gasteiger partial charge is 0.223 e. The lowest BCUT2D eigenvalue weighted by Crippen LogP contribution is -2.48. The number of rotatable bonds is 6. The van der Waals surface area contributed by atoms with Gasteiger partial charge in [-0.2, -0.15) is 5.48 Å². The number of carbonyl (C=O) groups excluding carboxylic acids is 1. The second-order valence-electron chi connectivity index (χ2n) is 8.96. The lowest BCUT2D eigenvalue weighted by atomic mass is 9.76. The Kier molecular flexibility index (Phi) is 6.85. The first-order valence-corrected chi connectivity index (χ1v) is 10.9. The Hall–Kier alpha value is -0.770. The summed E-state index contributed by atoms with van der Waals surface area (Å²) in [7, 11) is 1.67. The van der Waals surface area contributed by atoms with Crippen LogP contribution in [0.2, 0.25) is 0 Å². The first-order chi connectivity index (χ1) is 13.7. The SMILES string of the molecule is COCC1NC(C2CCC3C(C2)OC[C@H]3NC(=O)C2CCCC(CO)C2)NO1. The first-order valence-electron chi connectivity index (χ1n) is 10.9. The molecule has 8 atom stereocenters. The van der Waals surface area contributed by atoms with E-state index in [9.17, 15) is 9.90 Å². The number of hydrogen-bond donors (Lipinski definition) is 4. The van der Waals surface area contributed by atoms with Gasteiger partial charge in [0.2, 0.25) is 5.91 Å². The van der Waals surface area contributed by atoms with Crippen LogP contribution in [0.1, 0.15) is 44.9 Å². The van der Waals surface area contributed by atoms with Gasteiger partial charge in [0.05, 0.1) is 31.5 Å². The molecular formula is C20H35N3O5. The number of aliphatic hydroxyl groups excluding tert-OH is 1. The molecule has 0 aromatic carbocycles. The number of aliphatic hydroxyl groups is 1. The number of carbonyl (C=O) groups is 1. The topological polar surface area (TPSA) is 101 Å². The van der Waals surface area contributed by atoms with E-state index in [1.54, 1.807) is 7.11 Å². The van der Waals surface area contributed by atoms with Crippen LogP contribution >= 0.6 is 0 Å². The molecule has 28 heavy (non-hydrogen) atoms. The Morgan fingerprint density at radius 2 is 2.14 bits per heavy atom. The average molecular weight is 398 g/mol. The second-order valence-corrected chi connectivity index (χ2v) is 8.96. The second kappa shape index (κ2) is 9.36. The van der Waals surface area contributed by atoms with Gasteiger partial charge >= 0.3 is 0 Å². The van der Waals surface area contributed by atoms with E-state index >= 15 is 0 Å². The van der Waals surface area contributed by atoms with Crippen LogP contribution in [-0.4, -0.2) is 62.5 Å². The minimum absolute atomic E-state index is 0.0445. The highest BCUT2D eigenvalue weighted by Gasteiger charge is 2.45. The van der Waals surface area contributed by atoms with Gasteiger partial charge in [-0.3, -0.25) is 14.9 Å². The molecule has 4 aliphatic rings. The number of hydroxylamine groups is 1. The van der Waals surface area contributed by atoms with Gasteiger partial charge in [0, 0.05) is 25.6 Å². The summed E-state index contributed by atoms with van der Waals surface area (Å²) >= 11 is 0. The first kappa shape index (κ1) is 20.5. The van der Waals surface area contributed by atoms with Crippen LogP contribution in [0.25, 0.3) is 0 Å². The van der Waals surface area contributed by atoms with Crippen molar-refractivity contribution < 1.29 is 24.2 Å². The van der Waals surface area contributed by atoms with Crippen LogP contribution in [0, 0.1) is 23.7 Å². The van der Waals surface area contributed by atoms with Crippen LogP contribution < -0.4 is 16.1 Å². The number of ether oxygens (including phenoxy) is 2. The molecule has 0 aromatic rings. The molecule has 160 valence electrons. The van der Waals surface area contributed by atoms with Crippen LogP contribution in [0.3, 0.4) is 0 Å². The average Bonchev–Trinajstić information content (AvgIpc) is 3.35. The van der Waals surface area contributed by atoms with Gasteiger partial charge < -0.3 is 19.9 Å². The number of methoxy groups -OCH3 is 1. The fourth-order valence-electron chi connectivity index (χ4n) is 5.52. The zero-order valence-electron chi connectivity index (χ0n) is 16.8. The summed E-state index contributed by atoms with van der Waals surface area (Å²) in [4.78, 5) is 18.3. The minimum Gasteiger partial charge on any atom is -0.396 e. The van der Waals surface area contributed by atoms with Crippen molar-refractivity contribution in [3.05, 3.63) is 0 Å². The van der Waals surface area contributed by atoms with E-state index in [1.807, 2.05) is 0 Å². The maximum atomic E-state index is 12.8. The highest BCUT2D eigenvalue weighted by Crippen LogP contribution is 2.39. The molecular weight excluding hydrogens is 362 g/mol. The molecule has 2 aliphatic heterocycles. The van der Waals surface area contributed by atoms with Crippen molar-refractivity contribution >= 4 is 5.91 Å². The summed E-state index contributed by atoms with van der Waals surface area (Å²) in [6.07, 6.45) is 7.15. The largest absolute Gasteiger partial charge is 0.396 e. The molecule has 2 heterocycles. The normalized spacial score (nSPS) is 43.6. The predicted octanol–water partition coefficient (Wildman–Crippen LogP) is 0.508. The number of fused-ring (bicyclic) bond motifs is 1. The molecule has 0 bridgehead atoms. The van der Waals surface area contributed by atoms with Crippen LogP contribution in [0.4, 0.5) is 0 Å². The number of amides is 1. The van der Waals surface area contributed by atoms with E-state index in [4.69, 9.17) is 14.3 Å². The molecule has 0 spiro atoms. The molecule has 4 N–H and O–H groups in total. The molecule has 8 heteroatoms. The summed E-state index contributed by atoms with van der Waals surface area (Å²) in [6, 6.07) is 0.120. The van der Waals surface area contributed by atoms with E-state index in [-0.39, 0.29) is 48.9 Å². The van der Waals surface area contributed by atoms with Gasteiger partial charge in [0.15, 0.2) is 6.23 Å². The Labute approximate surface area is 167 Å². The lowest BCUT2D eigenvalue weighted by Gasteiger charge is -2.35.